The molecule has 0 spiro atoms. The van der Waals surface area contributed by atoms with Gasteiger partial charge in [0, 0.05) is 25.7 Å². The summed E-state index contributed by atoms with van der Waals surface area (Å²) in [6.45, 7) is 10.7. The van der Waals surface area contributed by atoms with Crippen LogP contribution in [0.25, 0.3) is 0 Å². The smallest absolute Gasteiger partial charge is 0.194 e. The van der Waals surface area contributed by atoms with Crippen molar-refractivity contribution in [2.24, 2.45) is 4.99 Å². The molecular formula is C25H42IN5O2. The van der Waals surface area contributed by atoms with Crippen LogP contribution >= 0.6 is 24.0 Å². The lowest BCUT2D eigenvalue weighted by Crippen LogP contribution is -2.58. The van der Waals surface area contributed by atoms with Gasteiger partial charge in [0.25, 0.3) is 0 Å². The van der Waals surface area contributed by atoms with Crippen molar-refractivity contribution in [3.63, 3.8) is 0 Å². The molecule has 2 fully saturated rings. The van der Waals surface area contributed by atoms with Crippen LogP contribution in [-0.2, 0) is 6.54 Å². The van der Waals surface area contributed by atoms with Gasteiger partial charge in [-0.1, -0.05) is 12.5 Å². The summed E-state index contributed by atoms with van der Waals surface area (Å²) in [5.41, 5.74) is 1.40. The van der Waals surface area contributed by atoms with E-state index in [0.717, 1.165) is 50.2 Å². The van der Waals surface area contributed by atoms with Crippen LogP contribution in [-0.4, -0.2) is 92.8 Å². The average molecular weight is 572 g/mol. The van der Waals surface area contributed by atoms with Gasteiger partial charge in [-0.2, -0.15) is 0 Å². The third-order valence-electron chi connectivity index (χ3n) is 7.19. The lowest BCUT2D eigenvalue weighted by Gasteiger charge is -2.49. The molecule has 7 nitrogen and oxygen atoms in total. The molecule has 3 aliphatic heterocycles. The van der Waals surface area contributed by atoms with Gasteiger partial charge in [-0.05, 0) is 83.5 Å². The number of nitrogens with zero attached hydrogens (tertiary/aromatic N) is 4. The number of fused-ring (bicyclic) bond motifs is 1. The highest BCUT2D eigenvalue weighted by atomic mass is 127. The van der Waals surface area contributed by atoms with Crippen LogP contribution in [0.5, 0.6) is 11.5 Å². The minimum Gasteiger partial charge on any atom is -0.486 e. The van der Waals surface area contributed by atoms with Crippen molar-refractivity contribution in [3.05, 3.63) is 23.8 Å². The molecule has 0 bridgehead atoms. The molecule has 1 aromatic rings. The van der Waals surface area contributed by atoms with E-state index in [9.17, 15) is 0 Å². The molecule has 2 saturated heterocycles. The molecule has 0 saturated carbocycles. The first-order chi connectivity index (χ1) is 15.6. The van der Waals surface area contributed by atoms with E-state index in [0.29, 0.717) is 13.2 Å². The van der Waals surface area contributed by atoms with Crippen molar-refractivity contribution < 1.29 is 9.47 Å². The van der Waals surface area contributed by atoms with Gasteiger partial charge in [0.1, 0.15) is 13.2 Å². The van der Waals surface area contributed by atoms with E-state index >= 15 is 0 Å². The Hall–Kier alpha value is -1.26. The zero-order chi connectivity index (χ0) is 22.4. The standard InChI is InChI=1S/C25H41N5O2.HI/c1-4-26-24(29(3)19-21-8-9-22-23(18-21)32-17-16-31-22)27-20-25(10-14-28(2)15-11-25)30-12-6-5-7-13-30;/h8-9,18H,4-7,10-17,19-20H2,1-3H3,(H,26,27);1H. The highest BCUT2D eigenvalue weighted by molar-refractivity contribution is 14.0. The Morgan fingerprint density at radius 2 is 1.76 bits per heavy atom. The van der Waals surface area contributed by atoms with E-state index in [2.05, 4.69) is 53.2 Å². The molecular weight excluding hydrogens is 529 g/mol. The Balaban J connectivity index is 0.00000306. The van der Waals surface area contributed by atoms with Crippen molar-refractivity contribution in [1.29, 1.82) is 0 Å². The molecule has 0 aromatic heterocycles. The van der Waals surface area contributed by atoms with Crippen LogP contribution in [0.3, 0.4) is 0 Å². The number of piperidine rings is 2. The first-order valence-electron chi connectivity index (χ1n) is 12.4. The molecule has 1 N–H and O–H groups in total. The maximum Gasteiger partial charge on any atom is 0.194 e. The first kappa shape index (κ1) is 26.3. The number of nitrogens with one attached hydrogen (secondary N) is 1. The Kier molecular flexibility index (Phi) is 9.94. The molecule has 3 heterocycles. The van der Waals surface area contributed by atoms with E-state index in [-0.39, 0.29) is 29.5 Å². The van der Waals surface area contributed by atoms with Crippen molar-refractivity contribution in [3.8, 4) is 11.5 Å². The summed E-state index contributed by atoms with van der Waals surface area (Å²) >= 11 is 0. The molecule has 8 heteroatoms. The SMILES string of the molecule is CCNC(=NCC1(N2CCCCC2)CCN(C)CC1)N(C)Cc1ccc2c(c1)OCCO2.I. The van der Waals surface area contributed by atoms with E-state index in [1.54, 1.807) is 0 Å². The van der Waals surface area contributed by atoms with Gasteiger partial charge < -0.3 is 24.6 Å². The predicted octanol–water partition coefficient (Wildman–Crippen LogP) is 3.42. The van der Waals surface area contributed by atoms with Gasteiger partial charge in [0.05, 0.1) is 6.54 Å². The number of halogens is 1. The average Bonchev–Trinajstić information content (AvgIpc) is 2.83. The molecule has 186 valence electrons. The summed E-state index contributed by atoms with van der Waals surface area (Å²) in [6.07, 6.45) is 6.43. The highest BCUT2D eigenvalue weighted by Crippen LogP contribution is 2.33. The van der Waals surface area contributed by atoms with Crippen molar-refractivity contribution >= 4 is 29.9 Å². The maximum absolute atomic E-state index is 5.77. The van der Waals surface area contributed by atoms with E-state index in [1.165, 1.54) is 50.8 Å². The second-order valence-corrected chi connectivity index (χ2v) is 9.58. The first-order valence-corrected chi connectivity index (χ1v) is 12.4. The lowest BCUT2D eigenvalue weighted by molar-refractivity contribution is 0.0206. The van der Waals surface area contributed by atoms with Gasteiger partial charge in [-0.25, -0.2) is 0 Å². The topological polar surface area (TPSA) is 52.6 Å². The Bertz CT molecular complexity index is 776. The number of hydrogen-bond acceptors (Lipinski definition) is 5. The van der Waals surface area contributed by atoms with Crippen LogP contribution < -0.4 is 14.8 Å². The Morgan fingerprint density at radius 3 is 2.45 bits per heavy atom. The summed E-state index contributed by atoms with van der Waals surface area (Å²) in [5.74, 6) is 2.67. The summed E-state index contributed by atoms with van der Waals surface area (Å²) in [6, 6.07) is 6.24. The summed E-state index contributed by atoms with van der Waals surface area (Å²) in [5, 5.41) is 3.52. The fraction of sp³-hybridized carbons (Fsp3) is 0.720. The number of hydrogen-bond donors (Lipinski definition) is 1. The number of aliphatic imine (C=N–C) groups is 1. The fourth-order valence-corrected chi connectivity index (χ4v) is 5.20. The largest absolute Gasteiger partial charge is 0.486 e. The molecule has 0 amide bonds. The molecule has 0 atom stereocenters. The molecule has 4 rings (SSSR count). The van der Waals surface area contributed by atoms with Gasteiger partial charge >= 0.3 is 0 Å². The van der Waals surface area contributed by atoms with E-state index in [1.807, 2.05) is 6.07 Å². The number of ether oxygens (including phenoxy) is 2. The highest BCUT2D eigenvalue weighted by Gasteiger charge is 2.39. The lowest BCUT2D eigenvalue weighted by atomic mass is 9.84. The molecule has 0 unspecified atom stereocenters. The second-order valence-electron chi connectivity index (χ2n) is 9.58. The van der Waals surface area contributed by atoms with Crippen molar-refractivity contribution in [2.75, 3.05) is 66.6 Å². The van der Waals surface area contributed by atoms with Gasteiger partial charge in [0.2, 0.25) is 0 Å². The van der Waals surface area contributed by atoms with E-state index < -0.39 is 0 Å². The molecule has 1 aromatic carbocycles. The maximum atomic E-state index is 5.77. The Labute approximate surface area is 216 Å². The van der Waals surface area contributed by atoms with Crippen LogP contribution in [0.15, 0.2) is 23.2 Å². The van der Waals surface area contributed by atoms with E-state index in [4.69, 9.17) is 14.5 Å². The number of benzene rings is 1. The molecule has 0 radical (unpaired) electrons. The fourth-order valence-electron chi connectivity index (χ4n) is 5.20. The van der Waals surface area contributed by atoms with Crippen molar-refractivity contribution in [2.45, 2.75) is 51.1 Å². The van der Waals surface area contributed by atoms with Gasteiger partial charge in [-0.3, -0.25) is 9.89 Å². The monoisotopic (exact) mass is 571 g/mol. The van der Waals surface area contributed by atoms with Gasteiger partial charge in [-0.15, -0.1) is 24.0 Å². The number of likely N-dealkylation sites (tertiary alicyclic amines) is 2. The summed E-state index contributed by atoms with van der Waals surface area (Å²) < 4.78 is 11.4. The normalized spacial score (nSPS) is 21.2. The number of rotatable bonds is 6. The zero-order valence-corrected chi connectivity index (χ0v) is 23.0. The summed E-state index contributed by atoms with van der Waals surface area (Å²) in [7, 11) is 4.37. The minimum atomic E-state index is 0. The third-order valence-corrected chi connectivity index (χ3v) is 7.19. The number of guanidine groups is 1. The van der Waals surface area contributed by atoms with Gasteiger partial charge in [0.15, 0.2) is 17.5 Å². The Morgan fingerprint density at radius 1 is 1.06 bits per heavy atom. The molecule has 0 aliphatic carbocycles. The van der Waals surface area contributed by atoms with Crippen LogP contribution in [0.2, 0.25) is 0 Å². The zero-order valence-electron chi connectivity index (χ0n) is 20.6. The predicted molar refractivity (Wildman–Crippen MR) is 145 cm³/mol. The molecule has 3 aliphatic rings. The summed E-state index contributed by atoms with van der Waals surface area (Å²) in [4.78, 5) is 12.7. The minimum absolute atomic E-state index is 0. The van der Waals surface area contributed by atoms with Crippen molar-refractivity contribution in [1.82, 2.24) is 20.0 Å². The molecule has 33 heavy (non-hydrogen) atoms. The van der Waals surface area contributed by atoms with Crippen LogP contribution in [0.4, 0.5) is 0 Å². The third kappa shape index (κ3) is 6.66. The quantitative estimate of drug-likeness (QED) is 0.321. The van der Waals surface area contributed by atoms with Crippen LogP contribution in [0.1, 0.15) is 44.6 Å². The van der Waals surface area contributed by atoms with Crippen LogP contribution in [0, 0.1) is 0 Å². The second kappa shape index (κ2) is 12.4.